The molecule has 0 amide bonds. The zero-order chi connectivity index (χ0) is 14.7. The van der Waals surface area contributed by atoms with E-state index in [9.17, 15) is 18.3 Å². The Morgan fingerprint density at radius 3 is 2.40 bits per heavy atom. The molecule has 0 aliphatic carbocycles. The summed E-state index contributed by atoms with van der Waals surface area (Å²) in [6.45, 7) is 1.31. The van der Waals surface area contributed by atoms with Gasteiger partial charge < -0.3 is 9.84 Å². The Balaban J connectivity index is 2.09. The third-order valence-corrected chi connectivity index (χ3v) is 2.83. The van der Waals surface area contributed by atoms with Gasteiger partial charge in [-0.15, -0.1) is 0 Å². The Morgan fingerprint density at radius 1 is 1.05 bits per heavy atom. The van der Waals surface area contributed by atoms with Crippen LogP contribution in [-0.4, -0.2) is 5.11 Å². The first-order chi connectivity index (χ1) is 9.47. The summed E-state index contributed by atoms with van der Waals surface area (Å²) in [4.78, 5) is 0. The van der Waals surface area contributed by atoms with E-state index < -0.39 is 23.6 Å². The van der Waals surface area contributed by atoms with Gasteiger partial charge in [-0.3, -0.25) is 0 Å². The van der Waals surface area contributed by atoms with E-state index in [1.165, 1.54) is 25.1 Å². The maximum Gasteiger partial charge on any atom is 0.132 e. The summed E-state index contributed by atoms with van der Waals surface area (Å²) >= 11 is 0. The van der Waals surface area contributed by atoms with Gasteiger partial charge in [-0.25, -0.2) is 13.2 Å². The molecule has 2 aromatic rings. The molecule has 0 aliphatic rings. The molecule has 1 atom stereocenters. The molecular weight excluding hydrogens is 269 g/mol. The van der Waals surface area contributed by atoms with E-state index in [1.807, 2.05) is 0 Å². The van der Waals surface area contributed by atoms with Crippen molar-refractivity contribution in [1.82, 2.24) is 0 Å². The summed E-state index contributed by atoms with van der Waals surface area (Å²) in [6.07, 6.45) is -0.918. The molecule has 2 aromatic carbocycles. The molecule has 0 fully saturated rings. The van der Waals surface area contributed by atoms with E-state index in [2.05, 4.69) is 0 Å². The maximum absolute atomic E-state index is 13.6. The minimum Gasteiger partial charge on any atom is -0.489 e. The summed E-state index contributed by atoms with van der Waals surface area (Å²) in [6, 6.07) is 7.15. The lowest BCUT2D eigenvalue weighted by Gasteiger charge is -2.10. The van der Waals surface area contributed by atoms with E-state index in [0.29, 0.717) is 0 Å². The van der Waals surface area contributed by atoms with Gasteiger partial charge in [0.15, 0.2) is 0 Å². The highest BCUT2D eigenvalue weighted by Crippen LogP contribution is 2.22. The van der Waals surface area contributed by atoms with Crippen molar-refractivity contribution in [2.24, 2.45) is 0 Å². The van der Waals surface area contributed by atoms with Crippen molar-refractivity contribution >= 4 is 0 Å². The molecular formula is C15H13F3O2. The zero-order valence-corrected chi connectivity index (χ0v) is 10.7. The lowest BCUT2D eigenvalue weighted by molar-refractivity contribution is 0.194. The van der Waals surface area contributed by atoms with Crippen LogP contribution in [0.15, 0.2) is 36.4 Å². The molecule has 20 heavy (non-hydrogen) atoms. The van der Waals surface area contributed by atoms with E-state index in [4.69, 9.17) is 4.74 Å². The molecule has 0 spiro atoms. The van der Waals surface area contributed by atoms with Gasteiger partial charge in [-0.2, -0.15) is 0 Å². The first kappa shape index (κ1) is 14.4. The number of benzene rings is 2. The lowest BCUT2D eigenvalue weighted by Crippen LogP contribution is -2.01. The topological polar surface area (TPSA) is 29.5 Å². The fraction of sp³-hybridized carbons (Fsp3) is 0.200. The zero-order valence-electron chi connectivity index (χ0n) is 10.7. The van der Waals surface area contributed by atoms with Crippen LogP contribution in [0, 0.1) is 17.5 Å². The summed E-state index contributed by atoms with van der Waals surface area (Å²) in [7, 11) is 0. The van der Waals surface area contributed by atoms with Gasteiger partial charge in [0.2, 0.25) is 0 Å². The molecule has 106 valence electrons. The Kier molecular flexibility index (Phi) is 4.29. The molecule has 2 nitrogen and oxygen atoms in total. The van der Waals surface area contributed by atoms with Crippen LogP contribution in [0.4, 0.5) is 13.2 Å². The van der Waals surface area contributed by atoms with Crippen LogP contribution in [-0.2, 0) is 6.61 Å². The van der Waals surface area contributed by atoms with Crippen molar-refractivity contribution in [3.8, 4) is 5.75 Å². The number of halogens is 3. The first-order valence-electron chi connectivity index (χ1n) is 6.01. The van der Waals surface area contributed by atoms with Crippen molar-refractivity contribution in [2.75, 3.05) is 0 Å². The van der Waals surface area contributed by atoms with Crippen molar-refractivity contribution in [1.29, 1.82) is 0 Å². The average Bonchev–Trinajstić information content (AvgIpc) is 2.37. The lowest BCUT2D eigenvalue weighted by atomic mass is 10.1. The second kappa shape index (κ2) is 5.96. The Labute approximate surface area is 114 Å². The second-order valence-electron chi connectivity index (χ2n) is 4.38. The van der Waals surface area contributed by atoms with Crippen LogP contribution in [0.5, 0.6) is 5.75 Å². The molecule has 0 heterocycles. The molecule has 0 radical (unpaired) electrons. The van der Waals surface area contributed by atoms with Gasteiger partial charge in [0.1, 0.15) is 29.8 Å². The molecule has 5 heteroatoms. The SMILES string of the molecule is C[C@H](O)c1ccc(OCc2ccc(F)cc2F)cc1F. The van der Waals surface area contributed by atoms with E-state index in [1.54, 1.807) is 0 Å². The van der Waals surface area contributed by atoms with Crippen molar-refractivity contribution in [2.45, 2.75) is 19.6 Å². The smallest absolute Gasteiger partial charge is 0.132 e. The standard InChI is InChI=1S/C15H13F3O2/c1-9(19)13-5-4-12(7-15(13)18)20-8-10-2-3-11(16)6-14(10)17/h2-7,9,19H,8H2,1H3/t9-/m0/s1. The third kappa shape index (κ3) is 3.30. The number of hydrogen-bond donors (Lipinski definition) is 1. The maximum atomic E-state index is 13.6. The average molecular weight is 282 g/mol. The molecule has 0 aliphatic heterocycles. The van der Waals surface area contributed by atoms with Crippen LogP contribution >= 0.6 is 0 Å². The fourth-order valence-corrected chi connectivity index (χ4v) is 1.74. The Hall–Kier alpha value is -2.01. The van der Waals surface area contributed by atoms with Crippen LogP contribution in [0.25, 0.3) is 0 Å². The van der Waals surface area contributed by atoms with Crippen molar-refractivity contribution < 1.29 is 23.0 Å². The fourth-order valence-electron chi connectivity index (χ4n) is 1.74. The van der Waals surface area contributed by atoms with Crippen molar-refractivity contribution in [3.05, 3.63) is 65.0 Å². The van der Waals surface area contributed by atoms with Crippen LogP contribution in [0.2, 0.25) is 0 Å². The number of aliphatic hydroxyl groups is 1. The van der Waals surface area contributed by atoms with Crippen LogP contribution in [0.3, 0.4) is 0 Å². The molecule has 0 unspecified atom stereocenters. The van der Waals surface area contributed by atoms with E-state index in [-0.39, 0.29) is 23.5 Å². The molecule has 2 rings (SSSR count). The number of aliphatic hydroxyl groups excluding tert-OH is 1. The summed E-state index contributed by atoms with van der Waals surface area (Å²) in [5.74, 6) is -1.78. The predicted octanol–water partition coefficient (Wildman–Crippen LogP) is 3.74. The molecule has 0 saturated heterocycles. The molecule has 0 aromatic heterocycles. The van der Waals surface area contributed by atoms with Crippen molar-refractivity contribution in [3.63, 3.8) is 0 Å². The Morgan fingerprint density at radius 2 is 1.80 bits per heavy atom. The number of rotatable bonds is 4. The minimum absolute atomic E-state index is 0.139. The van der Waals surface area contributed by atoms with E-state index in [0.717, 1.165) is 18.2 Å². The predicted molar refractivity (Wildman–Crippen MR) is 67.7 cm³/mol. The van der Waals surface area contributed by atoms with Gasteiger partial charge in [-0.1, -0.05) is 0 Å². The molecule has 1 N–H and O–H groups in total. The number of hydrogen-bond acceptors (Lipinski definition) is 2. The molecule has 0 bridgehead atoms. The largest absolute Gasteiger partial charge is 0.489 e. The summed E-state index contributed by atoms with van der Waals surface area (Å²) in [5, 5.41) is 9.30. The van der Waals surface area contributed by atoms with Gasteiger partial charge in [-0.05, 0) is 31.2 Å². The monoisotopic (exact) mass is 282 g/mol. The van der Waals surface area contributed by atoms with E-state index >= 15 is 0 Å². The van der Waals surface area contributed by atoms with Gasteiger partial charge in [0.05, 0.1) is 6.10 Å². The minimum atomic E-state index is -0.918. The summed E-state index contributed by atoms with van der Waals surface area (Å²) < 4.78 is 44.9. The van der Waals surface area contributed by atoms with Gasteiger partial charge in [0, 0.05) is 23.3 Å². The Bertz CT molecular complexity index is 612. The van der Waals surface area contributed by atoms with Crippen LogP contribution in [0.1, 0.15) is 24.2 Å². The molecule has 0 saturated carbocycles. The van der Waals surface area contributed by atoms with Gasteiger partial charge in [0.25, 0.3) is 0 Å². The van der Waals surface area contributed by atoms with Gasteiger partial charge >= 0.3 is 0 Å². The summed E-state index contributed by atoms with van der Waals surface area (Å²) in [5.41, 5.74) is 0.330. The third-order valence-electron chi connectivity index (χ3n) is 2.83. The van der Waals surface area contributed by atoms with Crippen LogP contribution < -0.4 is 4.74 Å². The quantitative estimate of drug-likeness (QED) is 0.925. The normalized spacial score (nSPS) is 12.2. The first-order valence-corrected chi connectivity index (χ1v) is 6.01. The second-order valence-corrected chi connectivity index (χ2v) is 4.38. The number of ether oxygens (including phenoxy) is 1. The highest BCUT2D eigenvalue weighted by molar-refractivity contribution is 5.30. The highest BCUT2D eigenvalue weighted by Gasteiger charge is 2.10. The highest BCUT2D eigenvalue weighted by atomic mass is 19.1.